The third-order valence-electron chi connectivity index (χ3n) is 4.28. The van der Waals surface area contributed by atoms with Crippen LogP contribution in [0.2, 0.25) is 0 Å². The summed E-state index contributed by atoms with van der Waals surface area (Å²) in [6.07, 6.45) is 6.85. The van der Waals surface area contributed by atoms with Gasteiger partial charge in [-0.25, -0.2) is 0 Å². The fourth-order valence-electron chi connectivity index (χ4n) is 3.15. The molecule has 0 spiro atoms. The summed E-state index contributed by atoms with van der Waals surface area (Å²) < 4.78 is 5.90. The smallest absolute Gasteiger partial charge is 0.118 e. The molecule has 2 rings (SSSR count). The average molecular weight is 278 g/mol. The lowest BCUT2D eigenvalue weighted by atomic mass is 9.96. The lowest BCUT2D eigenvalue weighted by Crippen LogP contribution is -2.24. The van der Waals surface area contributed by atoms with Crippen LogP contribution < -0.4 is 5.32 Å². The molecule has 1 fully saturated rings. The van der Waals surface area contributed by atoms with E-state index in [4.69, 9.17) is 4.42 Å². The fraction of sp³-hybridized carbons (Fsp3) is 0.765. The number of hydrogen-bond donors (Lipinski definition) is 1. The van der Waals surface area contributed by atoms with E-state index in [-0.39, 0.29) is 0 Å². The molecule has 1 saturated heterocycles. The first-order chi connectivity index (χ1) is 9.81. The van der Waals surface area contributed by atoms with Crippen LogP contribution in [0, 0.1) is 5.92 Å². The van der Waals surface area contributed by atoms with Crippen molar-refractivity contribution in [3.63, 3.8) is 0 Å². The Hall–Kier alpha value is -0.800. The summed E-state index contributed by atoms with van der Waals surface area (Å²) in [5.74, 6) is 3.12. The van der Waals surface area contributed by atoms with E-state index >= 15 is 0 Å². The van der Waals surface area contributed by atoms with Crippen LogP contribution in [0.3, 0.4) is 0 Å². The minimum atomic E-state index is 0.842. The van der Waals surface area contributed by atoms with Crippen molar-refractivity contribution in [1.82, 2.24) is 10.2 Å². The lowest BCUT2D eigenvalue weighted by Gasteiger charge is -2.18. The molecule has 1 aromatic heterocycles. The van der Waals surface area contributed by atoms with Gasteiger partial charge in [-0.3, -0.25) is 4.90 Å². The third kappa shape index (κ3) is 4.95. The Bertz CT molecular complexity index is 375. The summed E-state index contributed by atoms with van der Waals surface area (Å²) >= 11 is 0. The van der Waals surface area contributed by atoms with E-state index in [1.165, 1.54) is 45.2 Å². The maximum Gasteiger partial charge on any atom is 0.118 e. The molecule has 1 N–H and O–H groups in total. The standard InChI is InChI=1S/C17H30N2O/c1-3-6-15-7-5-11-19(12-10-15)14-17-9-8-16(20-17)13-18-4-2/h8-9,15,18H,3-7,10-14H2,1-2H3. The molecule has 2 heterocycles. The first-order valence-corrected chi connectivity index (χ1v) is 8.32. The predicted octanol–water partition coefficient (Wildman–Crippen LogP) is 3.79. The highest BCUT2D eigenvalue weighted by Crippen LogP contribution is 2.23. The molecule has 0 radical (unpaired) electrons. The summed E-state index contributed by atoms with van der Waals surface area (Å²) in [5.41, 5.74) is 0. The van der Waals surface area contributed by atoms with E-state index < -0.39 is 0 Å². The third-order valence-corrected chi connectivity index (χ3v) is 4.28. The Balaban J connectivity index is 1.79. The van der Waals surface area contributed by atoms with E-state index in [0.717, 1.165) is 37.1 Å². The zero-order valence-electron chi connectivity index (χ0n) is 13.2. The highest BCUT2D eigenvalue weighted by molar-refractivity contribution is 5.07. The molecular weight excluding hydrogens is 248 g/mol. The molecule has 0 aromatic carbocycles. The van der Waals surface area contributed by atoms with Gasteiger partial charge in [0.25, 0.3) is 0 Å². The first kappa shape index (κ1) is 15.6. The van der Waals surface area contributed by atoms with Crippen LogP contribution in [0.25, 0.3) is 0 Å². The van der Waals surface area contributed by atoms with Crippen molar-refractivity contribution in [1.29, 1.82) is 0 Å². The predicted molar refractivity (Wildman–Crippen MR) is 83.6 cm³/mol. The largest absolute Gasteiger partial charge is 0.463 e. The van der Waals surface area contributed by atoms with Crippen LogP contribution in [-0.4, -0.2) is 24.5 Å². The molecule has 1 aliphatic heterocycles. The van der Waals surface area contributed by atoms with Crippen molar-refractivity contribution in [2.75, 3.05) is 19.6 Å². The molecule has 0 bridgehead atoms. The minimum Gasteiger partial charge on any atom is -0.463 e. The zero-order chi connectivity index (χ0) is 14.2. The van der Waals surface area contributed by atoms with Crippen molar-refractivity contribution in [2.24, 2.45) is 5.92 Å². The van der Waals surface area contributed by atoms with Gasteiger partial charge >= 0.3 is 0 Å². The molecule has 0 amide bonds. The van der Waals surface area contributed by atoms with Crippen LogP contribution >= 0.6 is 0 Å². The van der Waals surface area contributed by atoms with Gasteiger partial charge in [0, 0.05) is 0 Å². The summed E-state index contributed by atoms with van der Waals surface area (Å²) in [5, 5.41) is 3.30. The van der Waals surface area contributed by atoms with Gasteiger partial charge in [-0.2, -0.15) is 0 Å². The number of likely N-dealkylation sites (tertiary alicyclic amines) is 1. The number of nitrogens with one attached hydrogen (secondary N) is 1. The molecule has 114 valence electrons. The van der Waals surface area contributed by atoms with Crippen LogP contribution in [0.5, 0.6) is 0 Å². The van der Waals surface area contributed by atoms with E-state index in [0.29, 0.717) is 0 Å². The van der Waals surface area contributed by atoms with E-state index in [2.05, 4.69) is 36.2 Å². The Morgan fingerprint density at radius 2 is 2.05 bits per heavy atom. The Labute approximate surface area is 123 Å². The van der Waals surface area contributed by atoms with E-state index in [1.807, 2.05) is 0 Å². The second kappa shape index (κ2) is 8.48. The molecule has 1 atom stereocenters. The second-order valence-corrected chi connectivity index (χ2v) is 6.01. The molecule has 1 unspecified atom stereocenters. The number of furan rings is 1. The van der Waals surface area contributed by atoms with Crippen LogP contribution in [-0.2, 0) is 13.1 Å². The van der Waals surface area contributed by atoms with Gasteiger partial charge in [0.05, 0.1) is 13.1 Å². The molecular formula is C17H30N2O. The van der Waals surface area contributed by atoms with Gasteiger partial charge in [-0.15, -0.1) is 0 Å². The SMILES string of the molecule is CCCC1CCCN(Cc2ccc(CNCC)o2)CC1. The maximum atomic E-state index is 5.90. The van der Waals surface area contributed by atoms with Crippen molar-refractivity contribution in [2.45, 2.75) is 59.0 Å². The minimum absolute atomic E-state index is 0.842. The summed E-state index contributed by atoms with van der Waals surface area (Å²) in [6, 6.07) is 4.25. The average Bonchev–Trinajstić information content (AvgIpc) is 2.77. The Morgan fingerprint density at radius 1 is 1.20 bits per heavy atom. The topological polar surface area (TPSA) is 28.4 Å². The van der Waals surface area contributed by atoms with Crippen LogP contribution in [0.1, 0.15) is 57.5 Å². The number of hydrogen-bond acceptors (Lipinski definition) is 3. The maximum absolute atomic E-state index is 5.90. The highest BCUT2D eigenvalue weighted by atomic mass is 16.3. The number of rotatable bonds is 7. The second-order valence-electron chi connectivity index (χ2n) is 6.01. The van der Waals surface area contributed by atoms with Gasteiger partial charge in [0.1, 0.15) is 11.5 Å². The van der Waals surface area contributed by atoms with Crippen molar-refractivity contribution < 1.29 is 4.42 Å². The summed E-state index contributed by atoms with van der Waals surface area (Å²) in [4.78, 5) is 2.56. The molecule has 0 aliphatic carbocycles. The first-order valence-electron chi connectivity index (χ1n) is 8.32. The van der Waals surface area contributed by atoms with Crippen molar-refractivity contribution in [3.05, 3.63) is 23.7 Å². The molecule has 0 saturated carbocycles. The summed E-state index contributed by atoms with van der Waals surface area (Å²) in [7, 11) is 0. The monoisotopic (exact) mass is 278 g/mol. The van der Waals surface area contributed by atoms with Crippen molar-refractivity contribution in [3.8, 4) is 0 Å². The quantitative estimate of drug-likeness (QED) is 0.822. The van der Waals surface area contributed by atoms with Crippen molar-refractivity contribution >= 4 is 0 Å². The van der Waals surface area contributed by atoms with Crippen LogP contribution in [0.15, 0.2) is 16.5 Å². The molecule has 3 nitrogen and oxygen atoms in total. The Kier molecular flexibility index (Phi) is 6.61. The lowest BCUT2D eigenvalue weighted by molar-refractivity contribution is 0.246. The number of nitrogens with zero attached hydrogens (tertiary/aromatic N) is 1. The van der Waals surface area contributed by atoms with Gasteiger partial charge in [-0.1, -0.05) is 26.7 Å². The normalized spacial score (nSPS) is 21.0. The molecule has 3 heteroatoms. The fourth-order valence-corrected chi connectivity index (χ4v) is 3.15. The van der Waals surface area contributed by atoms with Gasteiger partial charge in [-0.05, 0) is 56.9 Å². The van der Waals surface area contributed by atoms with E-state index in [1.54, 1.807) is 0 Å². The van der Waals surface area contributed by atoms with E-state index in [9.17, 15) is 0 Å². The van der Waals surface area contributed by atoms with Gasteiger partial charge in [0.2, 0.25) is 0 Å². The van der Waals surface area contributed by atoms with Crippen LogP contribution in [0.4, 0.5) is 0 Å². The molecule has 1 aromatic rings. The molecule has 20 heavy (non-hydrogen) atoms. The molecule has 1 aliphatic rings. The zero-order valence-corrected chi connectivity index (χ0v) is 13.2. The van der Waals surface area contributed by atoms with Gasteiger partial charge in [0.15, 0.2) is 0 Å². The summed E-state index contributed by atoms with van der Waals surface area (Å²) in [6.45, 7) is 9.68. The Morgan fingerprint density at radius 3 is 2.85 bits per heavy atom. The van der Waals surface area contributed by atoms with Gasteiger partial charge < -0.3 is 9.73 Å². The highest BCUT2D eigenvalue weighted by Gasteiger charge is 2.17.